The first-order chi connectivity index (χ1) is 37.6. The molecule has 0 saturated heterocycles. The predicted octanol–water partition coefficient (Wildman–Crippen LogP) is 21.6. The van der Waals surface area contributed by atoms with Crippen molar-refractivity contribution < 1.29 is 0 Å². The van der Waals surface area contributed by atoms with E-state index in [2.05, 4.69) is 244 Å². The normalized spacial score (nSPS) is 12.6. The minimum atomic E-state index is 1.24. The number of rotatable bonds is 4. The van der Waals surface area contributed by atoms with Gasteiger partial charge in [-0.3, -0.25) is 0 Å². The minimum Gasteiger partial charge on any atom is -0.0622 e. The van der Waals surface area contributed by atoms with Gasteiger partial charge in [0.1, 0.15) is 0 Å². The van der Waals surface area contributed by atoms with E-state index in [1.54, 1.807) is 0 Å². The third kappa shape index (κ3) is 5.00. The molecule has 0 heteroatoms. The first kappa shape index (κ1) is 40.8. The molecule has 18 rings (SSSR count). The number of aryl methyl sites for hydroxylation is 2. The molecule has 0 radical (unpaired) electrons. The van der Waals surface area contributed by atoms with E-state index in [0.29, 0.717) is 0 Å². The Hall–Kier alpha value is -9.62. The highest BCUT2D eigenvalue weighted by molar-refractivity contribution is 6.48. The standard InChI is InChI=1S/C76H44/c1-41-17-9-11-25-46(41)67-48-27-13-14-28-49(48)68(47-26-12-10-18-42(47)2)76-59-38-34-55-53-32-36-57-71-56(35-31-52(69(53)71)54-33-37-58(75(67)76)72(59)70(54)55)73-65(44-19-5-3-6-20-44)62-39-60-50-29-15-23-43-24-16-30-51(64(43)50)61(60)40-63(62)66(74(57)73)45-21-7-4-8-22-45/h3-40H,1-2H3. The van der Waals surface area contributed by atoms with E-state index in [-0.39, 0.29) is 0 Å². The molecule has 0 aromatic heterocycles. The van der Waals surface area contributed by atoms with Gasteiger partial charge in [0.05, 0.1) is 0 Å². The van der Waals surface area contributed by atoms with Crippen LogP contribution in [0.2, 0.25) is 0 Å². The molecule has 0 unspecified atom stereocenters. The van der Waals surface area contributed by atoms with Crippen LogP contribution in [-0.4, -0.2) is 0 Å². The van der Waals surface area contributed by atoms with Crippen LogP contribution in [0.4, 0.5) is 0 Å². The maximum absolute atomic E-state index is 2.54. The van der Waals surface area contributed by atoms with Gasteiger partial charge < -0.3 is 0 Å². The molecule has 0 nitrogen and oxygen atoms in total. The van der Waals surface area contributed by atoms with Gasteiger partial charge in [0.2, 0.25) is 0 Å². The summed E-state index contributed by atoms with van der Waals surface area (Å²) in [6.07, 6.45) is 0. The Kier molecular flexibility index (Phi) is 7.82. The summed E-state index contributed by atoms with van der Waals surface area (Å²) in [6, 6.07) is 88.1. The maximum atomic E-state index is 2.54. The first-order valence-electron chi connectivity index (χ1n) is 26.8. The average Bonchev–Trinajstić information content (AvgIpc) is 4.17. The number of fused-ring (bicyclic) bond motifs is 13. The van der Waals surface area contributed by atoms with Crippen LogP contribution in [-0.2, 0) is 0 Å². The molecule has 0 bridgehead atoms. The molecule has 1 aliphatic rings. The van der Waals surface area contributed by atoms with Crippen LogP contribution in [0.15, 0.2) is 231 Å². The van der Waals surface area contributed by atoms with Crippen molar-refractivity contribution in [3.63, 3.8) is 0 Å². The van der Waals surface area contributed by atoms with Gasteiger partial charge in [0.15, 0.2) is 0 Å². The fourth-order valence-electron chi connectivity index (χ4n) is 15.1. The third-order valence-corrected chi connectivity index (χ3v) is 18.1. The molecule has 17 aromatic rings. The maximum Gasteiger partial charge on any atom is -0.000730 e. The molecule has 17 aromatic carbocycles. The molecule has 0 spiro atoms. The zero-order valence-electron chi connectivity index (χ0n) is 41.9. The van der Waals surface area contributed by atoms with E-state index in [9.17, 15) is 0 Å². The molecular weight excluding hydrogens is 913 g/mol. The molecule has 0 atom stereocenters. The van der Waals surface area contributed by atoms with Crippen LogP contribution < -0.4 is 0 Å². The monoisotopic (exact) mass is 956 g/mol. The zero-order valence-corrected chi connectivity index (χ0v) is 41.9. The summed E-state index contributed by atoms with van der Waals surface area (Å²) in [6.45, 7) is 4.54. The van der Waals surface area contributed by atoms with E-state index < -0.39 is 0 Å². The van der Waals surface area contributed by atoms with Crippen molar-refractivity contribution >= 4 is 118 Å². The first-order valence-corrected chi connectivity index (χ1v) is 26.8. The highest BCUT2D eigenvalue weighted by Crippen LogP contribution is 2.61. The van der Waals surface area contributed by atoms with Crippen molar-refractivity contribution in [2.45, 2.75) is 13.8 Å². The highest BCUT2D eigenvalue weighted by atomic mass is 14.4. The lowest BCUT2D eigenvalue weighted by Crippen LogP contribution is -1.95. The van der Waals surface area contributed by atoms with Gasteiger partial charge in [0.25, 0.3) is 0 Å². The van der Waals surface area contributed by atoms with Gasteiger partial charge in [-0.25, -0.2) is 0 Å². The largest absolute Gasteiger partial charge is 0.0622 e. The highest BCUT2D eigenvalue weighted by Gasteiger charge is 2.34. The number of hydrogen-bond donors (Lipinski definition) is 0. The second kappa shape index (κ2) is 14.6. The summed E-state index contributed by atoms with van der Waals surface area (Å²) in [5.41, 5.74) is 18.3. The van der Waals surface area contributed by atoms with Crippen LogP contribution in [0.3, 0.4) is 0 Å². The minimum absolute atomic E-state index is 1.24. The van der Waals surface area contributed by atoms with E-state index >= 15 is 0 Å². The molecule has 76 heavy (non-hydrogen) atoms. The Morgan fingerprint density at radius 2 is 0.553 bits per heavy atom. The fraction of sp³-hybridized carbons (Fsp3) is 0.0263. The van der Waals surface area contributed by atoms with E-state index in [4.69, 9.17) is 0 Å². The predicted molar refractivity (Wildman–Crippen MR) is 328 cm³/mol. The van der Waals surface area contributed by atoms with Gasteiger partial charge in [-0.05, 0) is 222 Å². The summed E-state index contributed by atoms with van der Waals surface area (Å²) in [5.74, 6) is 0. The summed E-state index contributed by atoms with van der Waals surface area (Å²) in [5, 5.41) is 29.1. The quantitative estimate of drug-likeness (QED) is 0.122. The topological polar surface area (TPSA) is 0 Å². The van der Waals surface area contributed by atoms with Crippen molar-refractivity contribution in [2.24, 2.45) is 0 Å². The Morgan fingerprint density at radius 1 is 0.184 bits per heavy atom. The lowest BCUT2D eigenvalue weighted by atomic mass is 9.81. The molecule has 0 N–H and O–H groups in total. The van der Waals surface area contributed by atoms with E-state index in [0.717, 1.165) is 0 Å². The van der Waals surface area contributed by atoms with Crippen molar-refractivity contribution in [1.29, 1.82) is 0 Å². The summed E-state index contributed by atoms with van der Waals surface area (Å²) in [7, 11) is 0. The van der Waals surface area contributed by atoms with Crippen molar-refractivity contribution in [3.05, 3.63) is 242 Å². The summed E-state index contributed by atoms with van der Waals surface area (Å²) >= 11 is 0. The van der Waals surface area contributed by atoms with E-state index in [1.807, 2.05) is 0 Å². The second-order valence-electron chi connectivity index (χ2n) is 21.7. The van der Waals surface area contributed by atoms with Crippen LogP contribution in [0, 0.1) is 13.8 Å². The second-order valence-corrected chi connectivity index (χ2v) is 21.7. The molecule has 0 amide bonds. The Morgan fingerprint density at radius 3 is 1.03 bits per heavy atom. The summed E-state index contributed by atoms with van der Waals surface area (Å²) < 4.78 is 0. The molecule has 348 valence electrons. The Balaban J connectivity index is 1.01. The SMILES string of the molecule is Cc1ccccc1-c1c2c(c(-c3ccccc3C)c3ccccc13)-c1ccc3c4ccc5c6c(-c7ccccc7)c7cc8c(cc7c(-c7ccccc7)c6c6ccc(c7ccc-2c1c73)c4c65)c1cccc2cccc8c21. The summed E-state index contributed by atoms with van der Waals surface area (Å²) in [4.78, 5) is 0. The lowest BCUT2D eigenvalue weighted by molar-refractivity contribution is 1.46. The van der Waals surface area contributed by atoms with Crippen molar-refractivity contribution in [2.75, 3.05) is 0 Å². The third-order valence-electron chi connectivity index (χ3n) is 18.1. The van der Waals surface area contributed by atoms with Crippen LogP contribution in [0.5, 0.6) is 0 Å². The molecule has 0 heterocycles. The van der Waals surface area contributed by atoms with Crippen LogP contribution >= 0.6 is 0 Å². The fourth-order valence-corrected chi connectivity index (χ4v) is 15.1. The van der Waals surface area contributed by atoms with Crippen LogP contribution in [0.25, 0.3) is 185 Å². The Labute approximate surface area is 438 Å². The van der Waals surface area contributed by atoms with Gasteiger partial charge >= 0.3 is 0 Å². The molecule has 0 fully saturated rings. The van der Waals surface area contributed by atoms with Gasteiger partial charge in [-0.2, -0.15) is 0 Å². The van der Waals surface area contributed by atoms with E-state index in [1.165, 1.54) is 196 Å². The van der Waals surface area contributed by atoms with Gasteiger partial charge in [-0.1, -0.05) is 218 Å². The van der Waals surface area contributed by atoms with Gasteiger partial charge in [-0.15, -0.1) is 0 Å². The van der Waals surface area contributed by atoms with Crippen molar-refractivity contribution in [1.82, 2.24) is 0 Å². The molecule has 0 saturated carbocycles. The van der Waals surface area contributed by atoms with Crippen LogP contribution in [0.1, 0.15) is 11.1 Å². The number of hydrogen-bond acceptors (Lipinski definition) is 0. The zero-order chi connectivity index (χ0) is 49.7. The molecule has 0 aliphatic heterocycles. The average molecular weight is 957 g/mol. The molecule has 1 aliphatic carbocycles. The van der Waals surface area contributed by atoms with Gasteiger partial charge in [0, 0.05) is 0 Å². The number of benzene rings is 15. The molecular formula is C76H44. The smallest absolute Gasteiger partial charge is 0.000730 e. The van der Waals surface area contributed by atoms with Crippen molar-refractivity contribution in [3.8, 4) is 66.8 Å². The lowest BCUT2D eigenvalue weighted by Gasteiger charge is -2.22. The Bertz CT molecular complexity index is 5060.